The van der Waals surface area contributed by atoms with E-state index in [4.69, 9.17) is 0 Å². The Morgan fingerprint density at radius 1 is 1.53 bits per heavy atom. The summed E-state index contributed by atoms with van der Waals surface area (Å²) in [7, 11) is 0. The van der Waals surface area contributed by atoms with Crippen molar-refractivity contribution in [3.05, 3.63) is 18.0 Å². The molecule has 0 radical (unpaired) electrons. The van der Waals surface area contributed by atoms with Crippen molar-refractivity contribution in [1.82, 2.24) is 15.3 Å². The maximum Gasteiger partial charge on any atom is 0.270 e. The van der Waals surface area contributed by atoms with E-state index in [9.17, 15) is 4.79 Å². The Labute approximate surface area is 101 Å². The van der Waals surface area contributed by atoms with Gasteiger partial charge in [0.25, 0.3) is 5.91 Å². The normalized spacial score (nSPS) is 14.8. The molecule has 2 rings (SSSR count). The number of carbonyl (C=O) groups is 1. The van der Waals surface area contributed by atoms with Gasteiger partial charge in [-0.25, -0.2) is 9.97 Å². The minimum Gasteiger partial charge on any atom is -0.351 e. The summed E-state index contributed by atoms with van der Waals surface area (Å²) >= 11 is 0. The molecule has 1 aliphatic carbocycles. The van der Waals surface area contributed by atoms with Crippen LogP contribution in [-0.2, 0) is 0 Å². The van der Waals surface area contributed by atoms with Crippen molar-refractivity contribution in [2.75, 3.05) is 11.9 Å². The predicted molar refractivity (Wildman–Crippen MR) is 65.8 cm³/mol. The quantitative estimate of drug-likeness (QED) is 0.809. The number of rotatable bonds is 5. The summed E-state index contributed by atoms with van der Waals surface area (Å²) in [4.78, 5) is 20.1. The van der Waals surface area contributed by atoms with Crippen LogP contribution in [0.4, 0.5) is 5.95 Å². The van der Waals surface area contributed by atoms with Crippen molar-refractivity contribution in [1.29, 1.82) is 0 Å². The van der Waals surface area contributed by atoms with Gasteiger partial charge < -0.3 is 10.6 Å². The Hall–Kier alpha value is -1.65. The molecular weight excluding hydrogens is 216 g/mol. The summed E-state index contributed by atoms with van der Waals surface area (Å²) in [6.45, 7) is 4.77. The SMILES string of the molecule is CC(C)CNC(=O)c1ccnc(NC2CC2)n1. The smallest absolute Gasteiger partial charge is 0.270 e. The molecule has 5 nitrogen and oxygen atoms in total. The third-order valence-corrected chi connectivity index (χ3v) is 2.47. The predicted octanol–water partition coefficient (Wildman–Crippen LogP) is 1.44. The fourth-order valence-electron chi connectivity index (χ4n) is 1.35. The summed E-state index contributed by atoms with van der Waals surface area (Å²) in [6.07, 6.45) is 3.93. The Kier molecular flexibility index (Phi) is 3.56. The topological polar surface area (TPSA) is 66.9 Å². The lowest BCUT2D eigenvalue weighted by atomic mass is 10.2. The number of anilines is 1. The van der Waals surface area contributed by atoms with Gasteiger partial charge >= 0.3 is 0 Å². The number of nitrogens with zero attached hydrogens (tertiary/aromatic N) is 2. The Bertz CT molecular complexity index is 401. The Morgan fingerprint density at radius 3 is 2.94 bits per heavy atom. The third kappa shape index (κ3) is 3.69. The number of hydrogen-bond acceptors (Lipinski definition) is 4. The van der Waals surface area contributed by atoms with Crippen molar-refractivity contribution in [2.24, 2.45) is 5.92 Å². The van der Waals surface area contributed by atoms with E-state index in [1.54, 1.807) is 12.3 Å². The van der Waals surface area contributed by atoms with Crippen molar-refractivity contribution < 1.29 is 4.79 Å². The van der Waals surface area contributed by atoms with Crippen LogP contribution in [0.25, 0.3) is 0 Å². The highest BCUT2D eigenvalue weighted by atomic mass is 16.1. The lowest BCUT2D eigenvalue weighted by Crippen LogP contribution is -2.28. The van der Waals surface area contributed by atoms with E-state index in [2.05, 4.69) is 34.4 Å². The summed E-state index contributed by atoms with van der Waals surface area (Å²) in [6, 6.07) is 2.12. The summed E-state index contributed by atoms with van der Waals surface area (Å²) in [5, 5.41) is 6.01. The van der Waals surface area contributed by atoms with Crippen molar-refractivity contribution in [3.63, 3.8) is 0 Å². The van der Waals surface area contributed by atoms with Crippen LogP contribution in [0.1, 0.15) is 37.2 Å². The largest absolute Gasteiger partial charge is 0.351 e. The molecule has 2 N–H and O–H groups in total. The standard InChI is InChI=1S/C12H18N4O/c1-8(2)7-14-11(17)10-5-6-13-12(16-10)15-9-3-4-9/h5-6,8-9H,3-4,7H2,1-2H3,(H,14,17)(H,13,15,16). The highest BCUT2D eigenvalue weighted by molar-refractivity contribution is 5.92. The van der Waals surface area contributed by atoms with E-state index in [0.29, 0.717) is 30.1 Å². The fraction of sp³-hybridized carbons (Fsp3) is 0.583. The average molecular weight is 234 g/mol. The molecule has 17 heavy (non-hydrogen) atoms. The molecule has 92 valence electrons. The number of carbonyl (C=O) groups excluding carboxylic acids is 1. The summed E-state index contributed by atoms with van der Waals surface area (Å²) in [5.74, 6) is 0.842. The van der Waals surface area contributed by atoms with Crippen LogP contribution in [0.3, 0.4) is 0 Å². The first kappa shape index (κ1) is 11.8. The maximum absolute atomic E-state index is 11.8. The summed E-state index contributed by atoms with van der Waals surface area (Å²) in [5.41, 5.74) is 0.420. The molecule has 0 atom stereocenters. The minimum absolute atomic E-state index is 0.139. The molecule has 0 aromatic carbocycles. The van der Waals surface area contributed by atoms with Gasteiger partial charge in [-0.05, 0) is 24.8 Å². The molecule has 1 aromatic heterocycles. The number of hydrogen-bond donors (Lipinski definition) is 2. The minimum atomic E-state index is -0.139. The second kappa shape index (κ2) is 5.12. The first-order valence-electron chi connectivity index (χ1n) is 6.03. The van der Waals surface area contributed by atoms with E-state index < -0.39 is 0 Å². The number of nitrogens with one attached hydrogen (secondary N) is 2. The lowest BCUT2D eigenvalue weighted by Gasteiger charge is -2.08. The van der Waals surface area contributed by atoms with E-state index in [0.717, 1.165) is 12.8 Å². The molecule has 1 aromatic rings. The van der Waals surface area contributed by atoms with E-state index in [-0.39, 0.29) is 5.91 Å². The zero-order valence-electron chi connectivity index (χ0n) is 10.2. The van der Waals surface area contributed by atoms with Crippen LogP contribution in [-0.4, -0.2) is 28.5 Å². The molecule has 5 heteroatoms. The van der Waals surface area contributed by atoms with Crippen LogP contribution in [0.5, 0.6) is 0 Å². The molecule has 0 saturated heterocycles. The van der Waals surface area contributed by atoms with Gasteiger partial charge in [-0.2, -0.15) is 0 Å². The van der Waals surface area contributed by atoms with Crippen LogP contribution < -0.4 is 10.6 Å². The number of aromatic nitrogens is 2. The van der Waals surface area contributed by atoms with Gasteiger partial charge in [0.1, 0.15) is 5.69 Å². The highest BCUT2D eigenvalue weighted by Gasteiger charge is 2.22. The van der Waals surface area contributed by atoms with Gasteiger partial charge in [0.05, 0.1) is 0 Å². The Morgan fingerprint density at radius 2 is 2.29 bits per heavy atom. The fourth-order valence-corrected chi connectivity index (χ4v) is 1.35. The zero-order chi connectivity index (χ0) is 12.3. The van der Waals surface area contributed by atoms with Crippen molar-refractivity contribution >= 4 is 11.9 Å². The molecule has 1 saturated carbocycles. The highest BCUT2D eigenvalue weighted by Crippen LogP contribution is 2.22. The van der Waals surface area contributed by atoms with Gasteiger partial charge in [0.15, 0.2) is 0 Å². The molecular formula is C12H18N4O. The lowest BCUT2D eigenvalue weighted by molar-refractivity contribution is 0.0944. The van der Waals surface area contributed by atoms with Crippen LogP contribution in [0.15, 0.2) is 12.3 Å². The molecule has 0 aliphatic heterocycles. The van der Waals surface area contributed by atoms with E-state index >= 15 is 0 Å². The van der Waals surface area contributed by atoms with Gasteiger partial charge in [-0.15, -0.1) is 0 Å². The molecule has 1 amide bonds. The van der Waals surface area contributed by atoms with Gasteiger partial charge in [-0.1, -0.05) is 13.8 Å². The van der Waals surface area contributed by atoms with Crippen molar-refractivity contribution in [3.8, 4) is 0 Å². The van der Waals surface area contributed by atoms with E-state index in [1.807, 2.05) is 0 Å². The van der Waals surface area contributed by atoms with Crippen LogP contribution >= 0.6 is 0 Å². The van der Waals surface area contributed by atoms with Crippen LogP contribution in [0.2, 0.25) is 0 Å². The second-order valence-corrected chi connectivity index (χ2v) is 4.79. The average Bonchev–Trinajstić information content (AvgIpc) is 3.10. The van der Waals surface area contributed by atoms with Crippen LogP contribution in [0, 0.1) is 5.92 Å². The van der Waals surface area contributed by atoms with Gasteiger partial charge in [-0.3, -0.25) is 4.79 Å². The molecule has 1 aliphatic rings. The third-order valence-electron chi connectivity index (χ3n) is 2.47. The molecule has 0 bridgehead atoms. The first-order chi connectivity index (χ1) is 8.15. The maximum atomic E-state index is 11.8. The van der Waals surface area contributed by atoms with Gasteiger partial charge in [0, 0.05) is 18.8 Å². The van der Waals surface area contributed by atoms with E-state index in [1.165, 1.54) is 0 Å². The molecule has 0 unspecified atom stereocenters. The first-order valence-corrected chi connectivity index (χ1v) is 6.03. The number of amides is 1. The summed E-state index contributed by atoms with van der Waals surface area (Å²) < 4.78 is 0. The molecule has 1 heterocycles. The monoisotopic (exact) mass is 234 g/mol. The molecule has 1 fully saturated rings. The second-order valence-electron chi connectivity index (χ2n) is 4.79. The Balaban J connectivity index is 1.96. The van der Waals surface area contributed by atoms with Crippen molar-refractivity contribution in [2.45, 2.75) is 32.7 Å². The van der Waals surface area contributed by atoms with Gasteiger partial charge in [0.2, 0.25) is 5.95 Å². The molecule has 0 spiro atoms. The zero-order valence-corrected chi connectivity index (χ0v) is 10.2.